The molecule has 45 heteroatoms. The summed E-state index contributed by atoms with van der Waals surface area (Å²) in [5, 5.41) is 11.9. The van der Waals surface area contributed by atoms with Crippen molar-refractivity contribution in [3.63, 3.8) is 0 Å². The lowest BCUT2D eigenvalue weighted by molar-refractivity contribution is 0.00578. The monoisotopic (exact) mass is 1820 g/mol. The number of carbonyl (C=O) groups excluding carboxylic acids is 4. The van der Waals surface area contributed by atoms with E-state index in [4.69, 9.17) is 62.2 Å². The van der Waals surface area contributed by atoms with Gasteiger partial charge in [0.05, 0.1) is 74.0 Å². The molecule has 0 aliphatic carbocycles. The number of cyclic esters (lactones) is 2. The fourth-order valence-electron chi connectivity index (χ4n) is 13.2. The van der Waals surface area contributed by atoms with Crippen LogP contribution in [-0.4, -0.2) is 234 Å². The van der Waals surface area contributed by atoms with Crippen molar-refractivity contribution in [2.75, 3.05) is 114 Å². The number of hydrogen-bond acceptors (Lipinski definition) is 30. The van der Waals surface area contributed by atoms with E-state index >= 15 is 0 Å². The number of benzene rings is 2. The first kappa shape index (κ1) is 91.7. The number of nitrogens with two attached hydrogens (primary N) is 1. The van der Waals surface area contributed by atoms with E-state index < -0.39 is 117 Å². The summed E-state index contributed by atoms with van der Waals surface area (Å²) >= 11 is 6.42. The summed E-state index contributed by atoms with van der Waals surface area (Å²) in [5.41, 5.74) is 0.904. The molecule has 5 aromatic heterocycles. The average molecular weight is 1820 g/mol. The highest BCUT2D eigenvalue weighted by Gasteiger charge is 2.56. The maximum Gasteiger partial charge on any atom is 0.498 e. The summed E-state index contributed by atoms with van der Waals surface area (Å²) in [4.78, 5) is 98.9. The van der Waals surface area contributed by atoms with Crippen LogP contribution in [0.25, 0.3) is 11.3 Å². The minimum atomic E-state index is -2.93. The van der Waals surface area contributed by atoms with Crippen molar-refractivity contribution in [2.24, 2.45) is 0 Å². The second kappa shape index (κ2) is 37.7. The van der Waals surface area contributed by atoms with E-state index in [2.05, 4.69) is 151 Å². The topological polar surface area (TPSA) is 371 Å². The van der Waals surface area contributed by atoms with Gasteiger partial charge in [0.1, 0.15) is 68.8 Å². The van der Waals surface area contributed by atoms with E-state index in [1.807, 2.05) is 51.7 Å². The number of anilines is 7. The second-order valence-corrected chi connectivity index (χ2v) is 38.4. The van der Waals surface area contributed by atoms with Gasteiger partial charge in [-0.1, -0.05) is 81.4 Å². The standard InChI is InChI=1S/C29H35BrN4O4Si.C18H21F2N7O4.C15H20BrF2N3O4.C13H18B3F2N3O4/c1-21-24(34(28(35)38-21)26-19-25(30)31-27(32-26)33-15-17-36-18-16-33)20-37-39(29(2,3)4,22-11-7-5-8-12-22)23-13-9-6-10-14-23;1-9-12(8-28)27(18(29)31-9)13-6-11(10-7-22-16(21)25-14(10)15(19)20)23-17(24-13)26-2-4-30-5-3-26;1-14(2,3)24-12(22)21(13(23)25-15(4,5)6)11-19-7-8(16)9(20-11)10(17)18;1-12(2)13(3,4)25-16(24-12)8-5-19-11(20-9(8)10(17)18)21(14-6-22-14)15-7-23-15/h5-14,19,21,24H,15-18,20H2,1-4H3;6-7,9,12,15,28H,2-5,8H2,1H3,(H2,21,22,25);7,10H,1-6H3;5,10H,6-7H2,1-4H3/t21-,24+;9-,12+;;/m11../s1. The number of aliphatic hydroxyl groups excluding tert-OH is 1. The van der Waals surface area contributed by atoms with Crippen molar-refractivity contribution in [3.8, 4) is 11.3 Å². The highest BCUT2D eigenvalue weighted by Crippen LogP contribution is 2.42. The number of nitrogen functional groups attached to an aromatic ring is 1. The zero-order chi connectivity index (χ0) is 87.3. The molecule has 7 aromatic rings. The zero-order valence-electron chi connectivity index (χ0n) is 68.7. The largest absolute Gasteiger partial charge is 0.498 e. The Hall–Kier alpha value is -9.05. The molecule has 120 heavy (non-hydrogen) atoms. The fraction of sp³-hybridized carbons (Fsp3) is 0.520. The van der Waals surface area contributed by atoms with Crippen LogP contribution < -0.4 is 50.8 Å². The molecule has 14 rings (SSSR count). The average Bonchev–Trinajstić information content (AvgIpc) is 1.22. The summed E-state index contributed by atoms with van der Waals surface area (Å²) in [6.45, 7) is 32.7. The van der Waals surface area contributed by atoms with E-state index in [-0.39, 0.29) is 82.7 Å². The number of halogens is 8. The fourth-order valence-corrected chi connectivity index (χ4v) is 18.5. The summed E-state index contributed by atoms with van der Waals surface area (Å²) in [7, 11) is -4.19. The maximum absolute atomic E-state index is 13.7. The number of aromatic nitrogens is 10. The Morgan fingerprint density at radius 2 is 1.07 bits per heavy atom. The number of hydrogen-bond donors (Lipinski definition) is 2. The Labute approximate surface area is 708 Å². The Balaban J connectivity index is 0.000000159. The molecular formula is C75H94B3Br2F6N17O16Si. The third kappa shape index (κ3) is 21.7. The van der Waals surface area contributed by atoms with Crippen LogP contribution in [0.4, 0.5) is 86.9 Å². The van der Waals surface area contributed by atoms with Crippen molar-refractivity contribution in [3.05, 3.63) is 118 Å². The van der Waals surface area contributed by atoms with Crippen LogP contribution in [-0.2, 0) is 51.5 Å². The van der Waals surface area contributed by atoms with E-state index in [1.54, 1.807) is 64.2 Å². The Morgan fingerprint density at radius 1 is 0.617 bits per heavy atom. The number of carbonyl (C=O) groups is 4. The van der Waals surface area contributed by atoms with E-state index in [9.17, 15) is 50.6 Å². The second-order valence-electron chi connectivity index (χ2n) is 32.4. The summed E-state index contributed by atoms with van der Waals surface area (Å²) in [6, 6.07) is 23.1. The SMILES string of the molecule is CC(C)(C)OC(=O)N(C(=O)OC(C)(C)C)c1ncc(Br)c(C(F)F)n1.CC1(C)OB(c2cnc(N(B3CO3)B3CO3)nc2C(F)F)OC1(C)C.C[C@H]1OC(=O)N(c2cc(-c3cnc(N)nc3C(F)F)nc(N3CCOCC3)n2)[C@H]1CO.C[C@H]1OC(=O)N(c2cc(Br)nc(N3CCOCC3)n2)[C@H]1CO[Si](c1ccccc1)(c1ccccc1)C(C)(C)C. The van der Waals surface area contributed by atoms with Crippen molar-refractivity contribution in [1.82, 2.24) is 49.8 Å². The van der Waals surface area contributed by atoms with Crippen LogP contribution in [0.1, 0.15) is 140 Å². The zero-order valence-corrected chi connectivity index (χ0v) is 72.9. The van der Waals surface area contributed by atoms with Gasteiger partial charge in [-0.3, -0.25) is 9.80 Å². The number of morpholine rings is 2. The molecule has 0 spiro atoms. The van der Waals surface area contributed by atoms with Crippen molar-refractivity contribution in [1.29, 1.82) is 0 Å². The molecule has 0 bridgehead atoms. The molecule has 2 aromatic carbocycles. The molecule has 12 heterocycles. The van der Waals surface area contributed by atoms with E-state index in [1.165, 1.54) is 27.5 Å². The van der Waals surface area contributed by atoms with Crippen LogP contribution in [0, 0.1) is 0 Å². The Bertz CT molecular complexity index is 4670. The lowest BCUT2D eigenvalue weighted by Crippen LogP contribution is -2.67. The van der Waals surface area contributed by atoms with Gasteiger partial charge < -0.3 is 76.8 Å². The number of rotatable bonds is 19. The molecule has 644 valence electrons. The third-order valence-corrected chi connectivity index (χ3v) is 25.9. The van der Waals surface area contributed by atoms with Crippen LogP contribution in [0.3, 0.4) is 0 Å². The number of imide groups is 1. The molecular weight excluding hydrogens is 1730 g/mol. The van der Waals surface area contributed by atoms with Gasteiger partial charge >= 0.3 is 45.6 Å². The first-order valence-electron chi connectivity index (χ1n) is 38.4. The van der Waals surface area contributed by atoms with Gasteiger partial charge in [-0.25, -0.2) is 85.4 Å². The lowest BCUT2D eigenvalue weighted by Gasteiger charge is -2.44. The molecule has 33 nitrogen and oxygen atoms in total. The molecule has 0 unspecified atom stereocenters. The quantitative estimate of drug-likeness (QED) is 0.0250. The van der Waals surface area contributed by atoms with Gasteiger partial charge in [-0.15, -0.1) is 4.90 Å². The van der Waals surface area contributed by atoms with Gasteiger partial charge in [0.2, 0.25) is 29.7 Å². The van der Waals surface area contributed by atoms with Crippen molar-refractivity contribution < 1.29 is 102 Å². The highest BCUT2D eigenvalue weighted by molar-refractivity contribution is 9.10. The summed E-state index contributed by atoms with van der Waals surface area (Å²) in [5.74, 6) is 0.681. The normalized spacial score (nSPS) is 19.6. The molecule has 7 aliphatic heterocycles. The van der Waals surface area contributed by atoms with Crippen molar-refractivity contribution in [2.45, 2.75) is 175 Å². The third-order valence-electron chi connectivity index (χ3n) is 19.9. The van der Waals surface area contributed by atoms with Gasteiger partial charge in [-0.2, -0.15) is 9.97 Å². The summed E-state index contributed by atoms with van der Waals surface area (Å²) in [6.07, 6.45) is -9.48. The van der Waals surface area contributed by atoms with Gasteiger partial charge in [0.15, 0.2) is 0 Å². The molecule has 4 atom stereocenters. The first-order valence-corrected chi connectivity index (χ1v) is 41.9. The minimum absolute atomic E-state index is 0.0384. The number of nitrogens with zero attached hydrogens (tertiary/aromatic N) is 16. The number of alkyl halides is 6. The molecule has 0 radical (unpaired) electrons. The van der Waals surface area contributed by atoms with Crippen LogP contribution in [0.15, 0.2) is 100 Å². The minimum Gasteiger partial charge on any atom is -0.444 e. The van der Waals surface area contributed by atoms with Gasteiger partial charge in [-0.05, 0) is 130 Å². The lowest BCUT2D eigenvalue weighted by atomic mass is 9.77. The van der Waals surface area contributed by atoms with E-state index in [0.29, 0.717) is 93.5 Å². The first-order chi connectivity index (χ1) is 56.5. The molecule has 3 N–H and O–H groups in total. The highest BCUT2D eigenvalue weighted by atomic mass is 79.9. The smallest absolute Gasteiger partial charge is 0.444 e. The Morgan fingerprint density at radius 3 is 1.54 bits per heavy atom. The van der Waals surface area contributed by atoms with Gasteiger partial charge in [0.25, 0.3) is 27.6 Å². The molecule has 7 aliphatic rings. The molecule has 4 amide bonds. The predicted octanol–water partition coefficient (Wildman–Crippen LogP) is 10.9. The molecule has 7 fully saturated rings. The number of amides is 4. The Kier molecular flexibility index (Phi) is 28.8. The van der Waals surface area contributed by atoms with Crippen LogP contribution in [0.5, 0.6) is 0 Å². The predicted molar refractivity (Wildman–Crippen MR) is 442 cm³/mol. The number of aliphatic hydroxyl groups is 1. The van der Waals surface area contributed by atoms with E-state index in [0.717, 1.165) is 12.4 Å². The van der Waals surface area contributed by atoms with Crippen LogP contribution >= 0.6 is 31.9 Å². The van der Waals surface area contributed by atoms with Crippen molar-refractivity contribution >= 4 is 143 Å². The number of ether oxygens (including phenoxy) is 6. The summed E-state index contributed by atoms with van der Waals surface area (Å²) < 4.78 is 144. The molecule has 7 saturated heterocycles. The maximum atomic E-state index is 13.7. The van der Waals surface area contributed by atoms with Gasteiger partial charge in [0, 0.05) is 67.9 Å². The molecule has 0 saturated carbocycles. The van der Waals surface area contributed by atoms with Crippen LogP contribution in [0.2, 0.25) is 5.04 Å².